The van der Waals surface area contributed by atoms with Gasteiger partial charge in [-0.3, -0.25) is 0 Å². The van der Waals surface area contributed by atoms with Crippen LogP contribution in [-0.4, -0.2) is 19.2 Å². The first kappa shape index (κ1) is 19.5. The molecule has 0 aliphatic carbocycles. The van der Waals surface area contributed by atoms with E-state index in [1.165, 1.54) is 0 Å². The molecule has 3 aromatic carbocycles. The fourth-order valence-corrected chi connectivity index (χ4v) is 3.69. The highest BCUT2D eigenvalue weighted by Gasteiger charge is 2.48. The van der Waals surface area contributed by atoms with Crippen LogP contribution in [0.1, 0.15) is 27.0 Å². The van der Waals surface area contributed by atoms with Crippen molar-refractivity contribution in [2.75, 3.05) is 13.2 Å². The third-order valence-corrected chi connectivity index (χ3v) is 5.03. The number of ether oxygens (including phenoxy) is 3. The number of carbonyl (C=O) groups excluding carboxylic acids is 1. The van der Waals surface area contributed by atoms with Gasteiger partial charge in [0.15, 0.2) is 5.60 Å². The van der Waals surface area contributed by atoms with Crippen LogP contribution < -0.4 is 9.47 Å². The minimum atomic E-state index is -1.04. The maximum atomic E-state index is 12.8. The van der Waals surface area contributed by atoms with Crippen LogP contribution in [0.2, 0.25) is 0 Å². The van der Waals surface area contributed by atoms with Crippen molar-refractivity contribution in [2.45, 2.75) is 5.60 Å². The molecule has 1 heterocycles. The van der Waals surface area contributed by atoms with E-state index >= 15 is 0 Å². The minimum Gasteiger partial charge on any atom is -0.490 e. The van der Waals surface area contributed by atoms with Gasteiger partial charge in [-0.25, -0.2) is 4.79 Å². The molecule has 4 heteroatoms. The van der Waals surface area contributed by atoms with Gasteiger partial charge in [0.1, 0.15) is 24.7 Å². The summed E-state index contributed by atoms with van der Waals surface area (Å²) in [5, 5.41) is 0. The summed E-state index contributed by atoms with van der Waals surface area (Å²) in [4.78, 5) is 12.8. The van der Waals surface area contributed by atoms with Gasteiger partial charge in [-0.2, -0.15) is 0 Å². The molecule has 0 N–H and O–H groups in total. The van der Waals surface area contributed by atoms with Crippen molar-refractivity contribution in [3.8, 4) is 11.5 Å². The fraction of sp³-hybridized carbons (Fsp3) is 0.115. The molecule has 30 heavy (non-hydrogen) atoms. The van der Waals surface area contributed by atoms with Crippen LogP contribution in [-0.2, 0) is 10.3 Å². The number of fused-ring (bicyclic) bond motifs is 1. The molecular formula is C26H22O4. The monoisotopic (exact) mass is 398 g/mol. The average molecular weight is 398 g/mol. The molecule has 0 atom stereocenters. The highest BCUT2D eigenvalue weighted by molar-refractivity contribution is 5.96. The standard InChI is InChI=1S/C26H22O4/c1-3-17-28-21-13-9-19(10-14-21)26(20-11-15-22(16-12-20)29-18-4-2)24-8-6-5-7-23(24)25(27)30-26/h3-16H,1-2,17-18H2. The molecule has 0 amide bonds. The number of cyclic esters (lactones) is 1. The van der Waals surface area contributed by atoms with Gasteiger partial charge in [-0.15, -0.1) is 0 Å². The van der Waals surface area contributed by atoms with Crippen molar-refractivity contribution in [3.05, 3.63) is 120 Å². The highest BCUT2D eigenvalue weighted by atomic mass is 16.6. The summed E-state index contributed by atoms with van der Waals surface area (Å²) in [6.45, 7) is 8.19. The van der Waals surface area contributed by atoms with E-state index < -0.39 is 5.60 Å². The van der Waals surface area contributed by atoms with E-state index in [4.69, 9.17) is 14.2 Å². The Morgan fingerprint density at radius 3 is 1.77 bits per heavy atom. The Morgan fingerprint density at radius 2 is 1.27 bits per heavy atom. The minimum absolute atomic E-state index is 0.343. The topological polar surface area (TPSA) is 44.8 Å². The summed E-state index contributed by atoms with van der Waals surface area (Å²) in [6, 6.07) is 22.7. The molecule has 0 fully saturated rings. The Labute approximate surface area is 176 Å². The van der Waals surface area contributed by atoms with Gasteiger partial charge in [0, 0.05) is 16.7 Å². The molecule has 4 nitrogen and oxygen atoms in total. The smallest absolute Gasteiger partial charge is 0.340 e. The second kappa shape index (κ2) is 8.29. The zero-order chi connectivity index (χ0) is 21.0. The van der Waals surface area contributed by atoms with Crippen LogP contribution in [0.4, 0.5) is 0 Å². The number of benzene rings is 3. The van der Waals surface area contributed by atoms with Crippen LogP contribution in [0.15, 0.2) is 98.1 Å². The number of carbonyl (C=O) groups is 1. The number of hydrogen-bond acceptors (Lipinski definition) is 4. The zero-order valence-corrected chi connectivity index (χ0v) is 16.5. The molecule has 1 aliphatic rings. The Morgan fingerprint density at radius 1 is 0.767 bits per heavy atom. The molecule has 0 saturated carbocycles. The molecule has 0 radical (unpaired) electrons. The van der Waals surface area contributed by atoms with Crippen LogP contribution in [0, 0.1) is 0 Å². The molecule has 0 bridgehead atoms. The normalized spacial score (nSPS) is 13.8. The second-order valence-electron chi connectivity index (χ2n) is 6.86. The SMILES string of the molecule is C=CCOc1ccc(C2(c3ccc(OCC=C)cc3)OC(=O)c3ccccc32)cc1. The largest absolute Gasteiger partial charge is 0.490 e. The number of hydrogen-bond donors (Lipinski definition) is 0. The molecule has 3 aromatic rings. The van der Waals surface area contributed by atoms with Gasteiger partial charge in [-0.05, 0) is 30.3 Å². The van der Waals surface area contributed by atoms with Gasteiger partial charge in [0.05, 0.1) is 5.56 Å². The van der Waals surface area contributed by atoms with E-state index in [0.29, 0.717) is 18.8 Å². The average Bonchev–Trinajstić information content (AvgIpc) is 3.10. The molecule has 1 aliphatic heterocycles. The quantitative estimate of drug-likeness (QED) is 0.383. The molecular weight excluding hydrogens is 376 g/mol. The van der Waals surface area contributed by atoms with Crippen LogP contribution in [0.3, 0.4) is 0 Å². The predicted molar refractivity (Wildman–Crippen MR) is 116 cm³/mol. The molecule has 0 spiro atoms. The van der Waals surface area contributed by atoms with Crippen LogP contribution in [0.5, 0.6) is 11.5 Å². The third-order valence-electron chi connectivity index (χ3n) is 5.03. The summed E-state index contributed by atoms with van der Waals surface area (Å²) < 4.78 is 17.3. The van der Waals surface area contributed by atoms with Crippen molar-refractivity contribution >= 4 is 5.97 Å². The lowest BCUT2D eigenvalue weighted by molar-refractivity contribution is 0.0251. The van der Waals surface area contributed by atoms with E-state index in [-0.39, 0.29) is 5.97 Å². The predicted octanol–water partition coefficient (Wildman–Crippen LogP) is 5.28. The Balaban J connectivity index is 1.82. The Hall–Kier alpha value is -3.79. The van der Waals surface area contributed by atoms with Gasteiger partial charge in [0.2, 0.25) is 0 Å². The second-order valence-corrected chi connectivity index (χ2v) is 6.86. The zero-order valence-electron chi connectivity index (χ0n) is 16.5. The van der Waals surface area contributed by atoms with Crippen LogP contribution in [0.25, 0.3) is 0 Å². The van der Waals surface area contributed by atoms with Crippen LogP contribution >= 0.6 is 0 Å². The summed E-state index contributed by atoms with van der Waals surface area (Å²) >= 11 is 0. The van der Waals surface area contributed by atoms with Gasteiger partial charge in [-0.1, -0.05) is 67.8 Å². The maximum Gasteiger partial charge on any atom is 0.340 e. The van der Waals surface area contributed by atoms with Crippen molar-refractivity contribution in [3.63, 3.8) is 0 Å². The Bertz CT molecular complexity index is 1010. The molecule has 0 saturated heterocycles. The number of rotatable bonds is 8. The van der Waals surface area contributed by atoms with Crippen molar-refractivity contribution in [2.24, 2.45) is 0 Å². The summed E-state index contributed by atoms with van der Waals surface area (Å²) in [5.74, 6) is 1.10. The third kappa shape index (κ3) is 3.37. The lowest BCUT2D eigenvalue weighted by Gasteiger charge is -2.30. The number of esters is 1. The van der Waals surface area contributed by atoms with Crippen molar-refractivity contribution < 1.29 is 19.0 Å². The summed E-state index contributed by atoms with van der Waals surface area (Å²) in [5.41, 5.74) is 2.02. The van der Waals surface area contributed by atoms with Gasteiger partial charge < -0.3 is 14.2 Å². The Kier molecular flexibility index (Phi) is 5.40. The highest BCUT2D eigenvalue weighted by Crippen LogP contribution is 2.47. The maximum absolute atomic E-state index is 12.8. The van der Waals surface area contributed by atoms with Gasteiger partial charge >= 0.3 is 5.97 Å². The lowest BCUT2D eigenvalue weighted by Crippen LogP contribution is -2.29. The van der Waals surface area contributed by atoms with Crippen molar-refractivity contribution in [1.29, 1.82) is 0 Å². The molecule has 0 unspecified atom stereocenters. The fourth-order valence-electron chi connectivity index (χ4n) is 3.69. The molecule has 0 aromatic heterocycles. The first-order chi connectivity index (χ1) is 14.7. The van der Waals surface area contributed by atoms with Crippen molar-refractivity contribution in [1.82, 2.24) is 0 Å². The van der Waals surface area contributed by atoms with Gasteiger partial charge in [0.25, 0.3) is 0 Å². The van der Waals surface area contributed by atoms with E-state index in [1.54, 1.807) is 18.2 Å². The molecule has 4 rings (SSSR count). The first-order valence-corrected chi connectivity index (χ1v) is 9.70. The van der Waals surface area contributed by atoms with E-state index in [0.717, 1.165) is 28.2 Å². The van der Waals surface area contributed by atoms with E-state index in [1.807, 2.05) is 66.7 Å². The summed E-state index contributed by atoms with van der Waals surface area (Å²) in [6.07, 6.45) is 3.39. The first-order valence-electron chi connectivity index (χ1n) is 9.70. The summed E-state index contributed by atoms with van der Waals surface area (Å²) in [7, 11) is 0. The lowest BCUT2D eigenvalue weighted by atomic mass is 9.80. The van der Waals surface area contributed by atoms with E-state index in [9.17, 15) is 4.79 Å². The molecule has 150 valence electrons. The van der Waals surface area contributed by atoms with E-state index in [2.05, 4.69) is 13.2 Å².